The van der Waals surface area contributed by atoms with E-state index in [0.717, 1.165) is 6.42 Å². The highest BCUT2D eigenvalue weighted by Crippen LogP contribution is 2.19. The number of aromatic nitrogens is 2. The van der Waals surface area contributed by atoms with Gasteiger partial charge in [-0.2, -0.15) is 5.10 Å². The van der Waals surface area contributed by atoms with Crippen molar-refractivity contribution < 1.29 is 14.3 Å². The molecule has 0 spiro atoms. The fraction of sp³-hybridized carbons (Fsp3) is 0.421. The first-order valence-electron chi connectivity index (χ1n) is 9.21. The standard InChI is InChI=1S/C19H23N5O3/c25-18(22-9-11-27-12-10-22)14-24-8-6-17(21-24)20-19(26)23-7-5-15-3-1-2-4-16(15)13-23/h1-4,6,8H,5,7,9-14H2,(H,20,21,26). The number of hydrogen-bond acceptors (Lipinski definition) is 4. The Kier molecular flexibility index (Phi) is 5.06. The van der Waals surface area contributed by atoms with Crippen LogP contribution >= 0.6 is 0 Å². The van der Waals surface area contributed by atoms with Gasteiger partial charge in [0, 0.05) is 38.4 Å². The largest absolute Gasteiger partial charge is 0.378 e. The number of fused-ring (bicyclic) bond motifs is 1. The smallest absolute Gasteiger partial charge is 0.323 e. The summed E-state index contributed by atoms with van der Waals surface area (Å²) < 4.78 is 6.81. The van der Waals surface area contributed by atoms with Crippen molar-refractivity contribution in [3.63, 3.8) is 0 Å². The normalized spacial score (nSPS) is 16.7. The van der Waals surface area contributed by atoms with Crippen molar-refractivity contribution in [2.45, 2.75) is 19.5 Å². The lowest BCUT2D eigenvalue weighted by Gasteiger charge is -2.28. The van der Waals surface area contributed by atoms with Crippen molar-refractivity contribution in [2.75, 3.05) is 38.2 Å². The van der Waals surface area contributed by atoms with E-state index in [2.05, 4.69) is 22.5 Å². The minimum absolute atomic E-state index is 0.00640. The number of ether oxygens (including phenoxy) is 1. The van der Waals surface area contributed by atoms with Crippen LogP contribution in [0.4, 0.5) is 10.6 Å². The molecular weight excluding hydrogens is 346 g/mol. The second-order valence-electron chi connectivity index (χ2n) is 6.76. The SMILES string of the molecule is O=C(Cn1ccc(NC(=O)N2CCc3ccccc3C2)n1)N1CCOCC1. The van der Waals surface area contributed by atoms with Crippen molar-refractivity contribution in [2.24, 2.45) is 0 Å². The van der Waals surface area contributed by atoms with E-state index in [9.17, 15) is 9.59 Å². The monoisotopic (exact) mass is 369 g/mol. The van der Waals surface area contributed by atoms with Crippen molar-refractivity contribution in [1.82, 2.24) is 19.6 Å². The van der Waals surface area contributed by atoms with Gasteiger partial charge < -0.3 is 14.5 Å². The molecule has 3 heterocycles. The summed E-state index contributed by atoms with van der Waals surface area (Å²) in [6.07, 6.45) is 2.56. The van der Waals surface area contributed by atoms with E-state index in [1.807, 2.05) is 12.1 Å². The Morgan fingerprint density at radius 2 is 1.81 bits per heavy atom. The molecule has 4 rings (SSSR count). The lowest BCUT2D eigenvalue weighted by atomic mass is 10.0. The Morgan fingerprint density at radius 3 is 2.63 bits per heavy atom. The van der Waals surface area contributed by atoms with Gasteiger partial charge in [0.1, 0.15) is 6.54 Å². The zero-order valence-corrected chi connectivity index (χ0v) is 15.1. The molecule has 1 saturated heterocycles. The molecule has 0 saturated carbocycles. The summed E-state index contributed by atoms with van der Waals surface area (Å²) in [7, 11) is 0. The highest BCUT2D eigenvalue weighted by molar-refractivity contribution is 5.88. The van der Waals surface area contributed by atoms with E-state index in [4.69, 9.17) is 4.74 Å². The van der Waals surface area contributed by atoms with Crippen molar-refractivity contribution in [3.8, 4) is 0 Å². The van der Waals surface area contributed by atoms with Crippen LogP contribution in [0.2, 0.25) is 0 Å². The number of nitrogens with zero attached hydrogens (tertiary/aromatic N) is 4. The molecular formula is C19H23N5O3. The van der Waals surface area contributed by atoms with Crippen LogP contribution in [-0.4, -0.2) is 64.4 Å². The number of nitrogens with one attached hydrogen (secondary N) is 1. The van der Waals surface area contributed by atoms with Crippen LogP contribution in [-0.2, 0) is 29.0 Å². The van der Waals surface area contributed by atoms with Crippen LogP contribution in [0, 0.1) is 0 Å². The second kappa shape index (κ2) is 7.79. The number of urea groups is 1. The summed E-state index contributed by atoms with van der Waals surface area (Å²) in [5.74, 6) is 0.459. The summed E-state index contributed by atoms with van der Waals surface area (Å²) in [5.41, 5.74) is 2.48. The molecule has 2 aliphatic rings. The maximum atomic E-state index is 12.5. The predicted molar refractivity (Wildman–Crippen MR) is 99.2 cm³/mol. The van der Waals surface area contributed by atoms with E-state index in [1.165, 1.54) is 11.1 Å². The first-order chi connectivity index (χ1) is 13.2. The zero-order valence-electron chi connectivity index (χ0n) is 15.1. The minimum atomic E-state index is -0.172. The summed E-state index contributed by atoms with van der Waals surface area (Å²) in [4.78, 5) is 28.4. The molecule has 2 aromatic rings. The van der Waals surface area contributed by atoms with Crippen LogP contribution in [0.15, 0.2) is 36.5 Å². The molecule has 2 aliphatic heterocycles. The number of morpholine rings is 1. The number of carbonyl (C=O) groups is 2. The van der Waals surface area contributed by atoms with Crippen LogP contribution in [0.3, 0.4) is 0 Å². The van der Waals surface area contributed by atoms with Gasteiger partial charge in [-0.3, -0.25) is 14.8 Å². The molecule has 27 heavy (non-hydrogen) atoms. The zero-order chi connectivity index (χ0) is 18.6. The lowest BCUT2D eigenvalue weighted by Crippen LogP contribution is -2.42. The highest BCUT2D eigenvalue weighted by Gasteiger charge is 2.21. The number of anilines is 1. The average molecular weight is 369 g/mol. The third kappa shape index (κ3) is 4.11. The maximum absolute atomic E-state index is 12.5. The number of benzene rings is 1. The van der Waals surface area contributed by atoms with Crippen molar-refractivity contribution in [1.29, 1.82) is 0 Å². The Morgan fingerprint density at radius 1 is 1.04 bits per heavy atom. The number of rotatable bonds is 3. The van der Waals surface area contributed by atoms with E-state index >= 15 is 0 Å². The van der Waals surface area contributed by atoms with E-state index in [0.29, 0.717) is 45.2 Å². The molecule has 0 unspecified atom stereocenters. The number of carbonyl (C=O) groups excluding carboxylic acids is 2. The third-order valence-electron chi connectivity index (χ3n) is 4.95. The van der Waals surface area contributed by atoms with E-state index in [-0.39, 0.29) is 18.5 Å². The molecule has 8 heteroatoms. The molecule has 0 radical (unpaired) electrons. The van der Waals surface area contributed by atoms with Crippen LogP contribution in [0.1, 0.15) is 11.1 Å². The molecule has 1 N–H and O–H groups in total. The van der Waals surface area contributed by atoms with Crippen molar-refractivity contribution in [3.05, 3.63) is 47.7 Å². The third-order valence-corrected chi connectivity index (χ3v) is 4.95. The minimum Gasteiger partial charge on any atom is -0.378 e. The van der Waals surface area contributed by atoms with Crippen molar-refractivity contribution >= 4 is 17.8 Å². The number of amides is 3. The van der Waals surface area contributed by atoms with Crippen LogP contribution < -0.4 is 5.32 Å². The fourth-order valence-corrected chi connectivity index (χ4v) is 3.43. The van der Waals surface area contributed by atoms with E-state index < -0.39 is 0 Å². The fourth-order valence-electron chi connectivity index (χ4n) is 3.43. The Hall–Kier alpha value is -2.87. The molecule has 1 aromatic carbocycles. The maximum Gasteiger partial charge on any atom is 0.323 e. The molecule has 3 amide bonds. The summed E-state index contributed by atoms with van der Waals surface area (Å²) in [6.45, 7) is 3.81. The molecule has 1 fully saturated rings. The molecule has 8 nitrogen and oxygen atoms in total. The molecule has 0 aliphatic carbocycles. The van der Waals surface area contributed by atoms with Gasteiger partial charge in [-0.1, -0.05) is 24.3 Å². The Balaban J connectivity index is 1.32. The molecule has 1 aromatic heterocycles. The van der Waals surface area contributed by atoms with Gasteiger partial charge in [-0.25, -0.2) is 4.79 Å². The summed E-state index contributed by atoms with van der Waals surface area (Å²) in [6, 6.07) is 9.72. The lowest BCUT2D eigenvalue weighted by molar-refractivity contribution is -0.136. The van der Waals surface area contributed by atoms with Gasteiger partial charge in [0.25, 0.3) is 0 Å². The first kappa shape index (κ1) is 17.5. The van der Waals surface area contributed by atoms with Gasteiger partial charge in [0.2, 0.25) is 5.91 Å². The molecule has 0 atom stereocenters. The van der Waals surface area contributed by atoms with Gasteiger partial charge in [-0.05, 0) is 17.5 Å². The molecule has 142 valence electrons. The van der Waals surface area contributed by atoms with Gasteiger partial charge in [0.05, 0.1) is 13.2 Å². The topological polar surface area (TPSA) is 79.7 Å². The number of hydrogen-bond donors (Lipinski definition) is 1. The highest BCUT2D eigenvalue weighted by atomic mass is 16.5. The van der Waals surface area contributed by atoms with Gasteiger partial charge >= 0.3 is 6.03 Å². The first-order valence-corrected chi connectivity index (χ1v) is 9.21. The van der Waals surface area contributed by atoms with Gasteiger partial charge in [-0.15, -0.1) is 0 Å². The summed E-state index contributed by atoms with van der Waals surface area (Å²) in [5, 5.41) is 7.13. The Labute approximate surface area is 157 Å². The quantitative estimate of drug-likeness (QED) is 0.885. The van der Waals surface area contributed by atoms with Crippen LogP contribution in [0.5, 0.6) is 0 Å². The predicted octanol–water partition coefficient (Wildman–Crippen LogP) is 1.33. The van der Waals surface area contributed by atoms with E-state index in [1.54, 1.807) is 26.7 Å². The Bertz CT molecular complexity index is 828. The average Bonchev–Trinajstić information content (AvgIpc) is 3.15. The molecule has 0 bridgehead atoms. The summed E-state index contributed by atoms with van der Waals surface area (Å²) >= 11 is 0. The second-order valence-corrected chi connectivity index (χ2v) is 6.76. The van der Waals surface area contributed by atoms with Gasteiger partial charge in [0.15, 0.2) is 5.82 Å². The van der Waals surface area contributed by atoms with Crippen LogP contribution in [0.25, 0.3) is 0 Å².